The van der Waals surface area contributed by atoms with Gasteiger partial charge in [0.25, 0.3) is 5.91 Å². The van der Waals surface area contributed by atoms with Crippen LogP contribution >= 0.6 is 27.7 Å². The normalized spacial score (nSPS) is 11.7. The summed E-state index contributed by atoms with van der Waals surface area (Å²) in [5, 5.41) is 13.3. The predicted molar refractivity (Wildman–Crippen MR) is 146 cm³/mol. The van der Waals surface area contributed by atoms with E-state index in [0.717, 1.165) is 15.7 Å². The summed E-state index contributed by atoms with van der Waals surface area (Å²) >= 11 is 4.54. The number of rotatable bonds is 7. The van der Waals surface area contributed by atoms with Gasteiger partial charge < -0.3 is 0 Å². The van der Waals surface area contributed by atoms with E-state index in [4.69, 9.17) is 0 Å². The molecule has 9 heteroatoms. The van der Waals surface area contributed by atoms with Crippen LogP contribution in [0.5, 0.6) is 0 Å². The Balaban J connectivity index is 1.52. The van der Waals surface area contributed by atoms with Crippen LogP contribution in [0.25, 0.3) is 17.1 Å². The molecule has 1 aromatic heterocycles. The van der Waals surface area contributed by atoms with Crippen molar-refractivity contribution in [3.63, 3.8) is 0 Å². The van der Waals surface area contributed by atoms with Crippen LogP contribution in [0.15, 0.2) is 87.5 Å². The lowest BCUT2D eigenvalue weighted by Crippen LogP contribution is -2.20. The Kier molecular flexibility index (Phi) is 8.01. The number of para-hydroxylation sites is 1. The van der Waals surface area contributed by atoms with Crippen LogP contribution in [0.4, 0.5) is 4.39 Å². The molecule has 0 atom stereocenters. The monoisotopic (exact) mass is 565 g/mol. The predicted octanol–water partition coefficient (Wildman–Crippen LogP) is 6.38. The summed E-state index contributed by atoms with van der Waals surface area (Å²) in [6.07, 6.45) is 1.27. The molecule has 4 aromatic rings. The molecule has 1 heterocycles. The number of halogens is 2. The van der Waals surface area contributed by atoms with E-state index in [1.807, 2.05) is 47.0 Å². The van der Waals surface area contributed by atoms with Gasteiger partial charge >= 0.3 is 0 Å². The molecule has 3 aromatic carbocycles. The standard InChI is InChI=1S/C27H25BrFN5OS/c1-27(2,3)20-11-9-18(10-12-20)25-32-33-26(34(25)22-7-5-4-6-8-22)36-17-24(35)31-30-16-19-15-21(28)13-14-23(19)29/h4-16H,17H2,1-3H3,(H,31,35)/b30-16-. The van der Waals surface area contributed by atoms with Crippen molar-refractivity contribution in [2.24, 2.45) is 5.10 Å². The Bertz CT molecular complexity index is 1380. The lowest BCUT2D eigenvalue weighted by Gasteiger charge is -2.19. The molecular formula is C27H25BrFN5OS. The number of hydrogen-bond donors (Lipinski definition) is 1. The third-order valence-corrected chi connectivity index (χ3v) is 6.76. The Labute approximate surface area is 222 Å². The lowest BCUT2D eigenvalue weighted by atomic mass is 9.87. The number of aromatic nitrogens is 3. The maximum absolute atomic E-state index is 13.8. The van der Waals surface area contributed by atoms with Crippen LogP contribution in [-0.2, 0) is 10.2 Å². The summed E-state index contributed by atoms with van der Waals surface area (Å²) in [7, 11) is 0. The van der Waals surface area contributed by atoms with E-state index < -0.39 is 5.82 Å². The summed E-state index contributed by atoms with van der Waals surface area (Å²) < 4.78 is 16.5. The van der Waals surface area contributed by atoms with Crippen molar-refractivity contribution in [2.45, 2.75) is 31.3 Å². The molecule has 0 fully saturated rings. The van der Waals surface area contributed by atoms with Gasteiger partial charge in [0.1, 0.15) is 5.82 Å². The summed E-state index contributed by atoms with van der Waals surface area (Å²) in [4.78, 5) is 12.4. The van der Waals surface area contributed by atoms with Crippen LogP contribution in [0.3, 0.4) is 0 Å². The number of nitrogens with zero attached hydrogens (tertiary/aromatic N) is 4. The first-order chi connectivity index (χ1) is 17.2. The Morgan fingerprint density at radius 2 is 1.81 bits per heavy atom. The van der Waals surface area contributed by atoms with Gasteiger partial charge in [-0.05, 0) is 41.3 Å². The van der Waals surface area contributed by atoms with Gasteiger partial charge in [-0.3, -0.25) is 9.36 Å². The molecule has 36 heavy (non-hydrogen) atoms. The van der Waals surface area contributed by atoms with Gasteiger partial charge in [-0.1, -0.05) is 90.9 Å². The number of hydrogen-bond acceptors (Lipinski definition) is 5. The van der Waals surface area contributed by atoms with Gasteiger partial charge in [0.05, 0.1) is 12.0 Å². The van der Waals surface area contributed by atoms with Gasteiger partial charge in [0.2, 0.25) is 0 Å². The second-order valence-corrected chi connectivity index (χ2v) is 10.9. The van der Waals surface area contributed by atoms with Crippen molar-refractivity contribution in [3.8, 4) is 17.1 Å². The van der Waals surface area contributed by atoms with Crippen LogP contribution < -0.4 is 5.43 Å². The van der Waals surface area contributed by atoms with E-state index in [0.29, 0.717) is 11.0 Å². The Morgan fingerprint density at radius 3 is 2.50 bits per heavy atom. The largest absolute Gasteiger partial charge is 0.272 e. The lowest BCUT2D eigenvalue weighted by molar-refractivity contribution is -0.118. The zero-order valence-electron chi connectivity index (χ0n) is 20.1. The molecule has 0 saturated carbocycles. The molecule has 0 unspecified atom stereocenters. The topological polar surface area (TPSA) is 72.2 Å². The second kappa shape index (κ2) is 11.2. The molecule has 0 aliphatic rings. The van der Waals surface area contributed by atoms with Gasteiger partial charge in [-0.2, -0.15) is 5.10 Å². The fourth-order valence-electron chi connectivity index (χ4n) is 3.43. The van der Waals surface area contributed by atoms with Crippen molar-refractivity contribution in [2.75, 3.05) is 5.75 Å². The summed E-state index contributed by atoms with van der Waals surface area (Å²) in [6.45, 7) is 6.52. The Hall–Kier alpha value is -3.30. The van der Waals surface area contributed by atoms with Crippen LogP contribution in [0, 0.1) is 5.82 Å². The zero-order chi connectivity index (χ0) is 25.7. The van der Waals surface area contributed by atoms with Gasteiger partial charge in [-0.25, -0.2) is 9.82 Å². The van der Waals surface area contributed by atoms with Crippen molar-refractivity contribution < 1.29 is 9.18 Å². The highest BCUT2D eigenvalue weighted by Crippen LogP contribution is 2.30. The summed E-state index contributed by atoms with van der Waals surface area (Å²) in [5.41, 5.74) is 5.80. The van der Waals surface area contributed by atoms with Crippen molar-refractivity contribution >= 4 is 39.8 Å². The fourth-order valence-corrected chi connectivity index (χ4v) is 4.55. The minimum absolute atomic E-state index is 0.0469. The molecule has 0 saturated heterocycles. The molecule has 184 valence electrons. The number of amides is 1. The third-order valence-electron chi connectivity index (χ3n) is 5.34. The molecule has 1 amide bonds. The van der Waals surface area contributed by atoms with E-state index in [1.165, 1.54) is 29.6 Å². The quantitative estimate of drug-likeness (QED) is 0.160. The summed E-state index contributed by atoms with van der Waals surface area (Å²) in [6, 6.07) is 22.6. The first-order valence-corrected chi connectivity index (χ1v) is 13.0. The molecule has 1 N–H and O–H groups in total. The highest BCUT2D eigenvalue weighted by Gasteiger charge is 2.19. The minimum Gasteiger partial charge on any atom is -0.272 e. The molecular weight excluding hydrogens is 541 g/mol. The molecule has 0 aliphatic carbocycles. The van der Waals surface area contributed by atoms with Crippen LogP contribution in [-0.4, -0.2) is 32.6 Å². The zero-order valence-corrected chi connectivity index (χ0v) is 22.5. The molecule has 0 bridgehead atoms. The molecule has 6 nitrogen and oxygen atoms in total. The van der Waals surface area contributed by atoms with Gasteiger partial charge in [0, 0.05) is 21.3 Å². The molecule has 0 spiro atoms. The van der Waals surface area contributed by atoms with Crippen molar-refractivity contribution in [1.82, 2.24) is 20.2 Å². The van der Waals surface area contributed by atoms with Crippen LogP contribution in [0.2, 0.25) is 0 Å². The average molecular weight is 567 g/mol. The number of nitrogens with one attached hydrogen (secondary N) is 1. The second-order valence-electron chi connectivity index (χ2n) is 9.05. The highest BCUT2D eigenvalue weighted by molar-refractivity contribution is 9.10. The number of carbonyl (C=O) groups is 1. The molecule has 4 rings (SSSR count). The first-order valence-electron chi connectivity index (χ1n) is 11.2. The van der Waals surface area contributed by atoms with Crippen molar-refractivity contribution in [1.29, 1.82) is 0 Å². The first kappa shape index (κ1) is 25.8. The number of carbonyl (C=O) groups excluding carboxylic acids is 1. The van der Waals surface area contributed by atoms with Crippen molar-refractivity contribution in [3.05, 3.63) is 94.2 Å². The maximum Gasteiger partial charge on any atom is 0.250 e. The maximum atomic E-state index is 13.8. The SMILES string of the molecule is CC(C)(C)c1ccc(-c2nnc(SCC(=O)N/N=C\c3cc(Br)ccc3F)n2-c2ccccc2)cc1. The smallest absolute Gasteiger partial charge is 0.250 e. The van der Waals surface area contributed by atoms with Gasteiger partial charge in [-0.15, -0.1) is 10.2 Å². The Morgan fingerprint density at radius 1 is 1.08 bits per heavy atom. The van der Waals surface area contributed by atoms with E-state index in [9.17, 15) is 9.18 Å². The highest BCUT2D eigenvalue weighted by atomic mass is 79.9. The fraction of sp³-hybridized carbons (Fsp3) is 0.185. The van der Waals surface area contributed by atoms with E-state index in [-0.39, 0.29) is 22.6 Å². The van der Waals surface area contributed by atoms with E-state index in [2.05, 4.69) is 69.6 Å². The number of hydrazone groups is 1. The summed E-state index contributed by atoms with van der Waals surface area (Å²) in [5.74, 6) is -0.0191. The number of thioether (sulfide) groups is 1. The third kappa shape index (κ3) is 6.27. The van der Waals surface area contributed by atoms with E-state index in [1.54, 1.807) is 12.1 Å². The molecule has 0 radical (unpaired) electrons. The van der Waals surface area contributed by atoms with Crippen LogP contribution in [0.1, 0.15) is 31.9 Å². The minimum atomic E-state index is -0.426. The molecule has 0 aliphatic heterocycles. The number of benzene rings is 3. The van der Waals surface area contributed by atoms with E-state index >= 15 is 0 Å². The average Bonchev–Trinajstić information content (AvgIpc) is 3.29. The van der Waals surface area contributed by atoms with Gasteiger partial charge in [0.15, 0.2) is 11.0 Å².